The van der Waals surface area contributed by atoms with Gasteiger partial charge in [0.2, 0.25) is 0 Å². The Morgan fingerprint density at radius 3 is 2.62 bits per heavy atom. The molecule has 0 aliphatic rings. The summed E-state index contributed by atoms with van der Waals surface area (Å²) < 4.78 is 5.43. The van der Waals surface area contributed by atoms with Gasteiger partial charge >= 0.3 is 0 Å². The molecule has 0 bridgehead atoms. The summed E-state index contributed by atoms with van der Waals surface area (Å²) in [5.41, 5.74) is 1.01. The van der Waals surface area contributed by atoms with E-state index in [1.165, 1.54) is 0 Å². The predicted octanol–water partition coefficient (Wildman–Crippen LogP) is 3.74. The highest BCUT2D eigenvalue weighted by Crippen LogP contribution is 2.32. The van der Waals surface area contributed by atoms with Gasteiger partial charge in [0.15, 0.2) is 5.82 Å². The normalized spacial score (nSPS) is 10.6. The van der Waals surface area contributed by atoms with Crippen molar-refractivity contribution in [2.75, 3.05) is 19.0 Å². The van der Waals surface area contributed by atoms with Crippen molar-refractivity contribution < 1.29 is 4.74 Å². The van der Waals surface area contributed by atoms with E-state index in [1.54, 1.807) is 13.3 Å². The largest absolute Gasteiger partial charge is 0.496 e. The van der Waals surface area contributed by atoms with Gasteiger partial charge in [-0.25, -0.2) is 9.97 Å². The van der Waals surface area contributed by atoms with Crippen molar-refractivity contribution in [1.82, 2.24) is 9.97 Å². The molecular formula is C17H17N3O. The van der Waals surface area contributed by atoms with Gasteiger partial charge in [0.1, 0.15) is 11.6 Å². The highest BCUT2D eigenvalue weighted by molar-refractivity contribution is 5.98. The SMILES string of the molecule is CCNc1ccnc(-c2ccc(OC)c3ccccc23)n1. The second-order valence-corrected chi connectivity index (χ2v) is 4.66. The Kier molecular flexibility index (Phi) is 3.69. The molecule has 0 unspecified atom stereocenters. The Balaban J connectivity index is 2.19. The molecule has 0 saturated carbocycles. The minimum Gasteiger partial charge on any atom is -0.496 e. The number of nitrogens with zero attached hydrogens (tertiary/aromatic N) is 2. The highest BCUT2D eigenvalue weighted by atomic mass is 16.5. The van der Waals surface area contributed by atoms with E-state index in [0.717, 1.165) is 34.4 Å². The van der Waals surface area contributed by atoms with E-state index in [0.29, 0.717) is 5.82 Å². The molecule has 0 fully saturated rings. The molecule has 0 saturated heterocycles. The van der Waals surface area contributed by atoms with Crippen LogP contribution in [0.15, 0.2) is 48.7 Å². The lowest BCUT2D eigenvalue weighted by Crippen LogP contribution is -2.01. The van der Waals surface area contributed by atoms with E-state index >= 15 is 0 Å². The van der Waals surface area contributed by atoms with Gasteiger partial charge in [-0.3, -0.25) is 0 Å². The summed E-state index contributed by atoms with van der Waals surface area (Å²) in [5, 5.41) is 5.37. The lowest BCUT2D eigenvalue weighted by Gasteiger charge is -2.10. The maximum Gasteiger partial charge on any atom is 0.162 e. The molecule has 2 aromatic carbocycles. The molecule has 0 radical (unpaired) electrons. The van der Waals surface area contributed by atoms with Crippen molar-refractivity contribution in [1.29, 1.82) is 0 Å². The van der Waals surface area contributed by atoms with Gasteiger partial charge in [-0.1, -0.05) is 24.3 Å². The second kappa shape index (κ2) is 5.79. The van der Waals surface area contributed by atoms with Crippen LogP contribution in [0.5, 0.6) is 5.75 Å². The fourth-order valence-corrected chi connectivity index (χ4v) is 2.41. The quantitative estimate of drug-likeness (QED) is 0.790. The average molecular weight is 279 g/mol. The Hall–Kier alpha value is -2.62. The summed E-state index contributed by atoms with van der Waals surface area (Å²) in [6.07, 6.45) is 1.78. The van der Waals surface area contributed by atoms with Crippen LogP contribution in [0.4, 0.5) is 5.82 Å². The first-order chi connectivity index (χ1) is 10.3. The first-order valence-electron chi connectivity index (χ1n) is 6.96. The molecule has 0 aliphatic heterocycles. The van der Waals surface area contributed by atoms with Crippen LogP contribution in [-0.4, -0.2) is 23.6 Å². The van der Waals surface area contributed by atoms with Crippen LogP contribution < -0.4 is 10.1 Å². The Bertz CT molecular complexity index is 771. The molecule has 106 valence electrons. The third kappa shape index (κ3) is 2.52. The first-order valence-corrected chi connectivity index (χ1v) is 6.96. The number of ether oxygens (including phenoxy) is 1. The number of rotatable bonds is 4. The van der Waals surface area contributed by atoms with Crippen LogP contribution in [0.2, 0.25) is 0 Å². The van der Waals surface area contributed by atoms with E-state index in [1.807, 2.05) is 43.3 Å². The zero-order valence-electron chi connectivity index (χ0n) is 12.1. The van der Waals surface area contributed by atoms with E-state index < -0.39 is 0 Å². The molecule has 0 amide bonds. The zero-order valence-corrected chi connectivity index (χ0v) is 12.1. The molecule has 4 heteroatoms. The molecule has 1 heterocycles. The number of anilines is 1. The van der Waals surface area contributed by atoms with Crippen molar-refractivity contribution in [3.8, 4) is 17.1 Å². The Morgan fingerprint density at radius 1 is 1.05 bits per heavy atom. The number of fused-ring (bicyclic) bond motifs is 1. The molecule has 21 heavy (non-hydrogen) atoms. The number of methoxy groups -OCH3 is 1. The van der Waals surface area contributed by atoms with Crippen molar-refractivity contribution in [3.63, 3.8) is 0 Å². The van der Waals surface area contributed by atoms with Crippen LogP contribution in [-0.2, 0) is 0 Å². The van der Waals surface area contributed by atoms with Gasteiger partial charge in [0.25, 0.3) is 0 Å². The molecular weight excluding hydrogens is 262 g/mol. The monoisotopic (exact) mass is 279 g/mol. The molecule has 1 aromatic heterocycles. The molecule has 3 rings (SSSR count). The van der Waals surface area contributed by atoms with Gasteiger partial charge in [-0.05, 0) is 30.5 Å². The van der Waals surface area contributed by atoms with Gasteiger partial charge in [0.05, 0.1) is 7.11 Å². The molecule has 0 spiro atoms. The summed E-state index contributed by atoms with van der Waals surface area (Å²) in [7, 11) is 1.68. The van der Waals surface area contributed by atoms with Crippen LogP contribution >= 0.6 is 0 Å². The Morgan fingerprint density at radius 2 is 1.86 bits per heavy atom. The molecule has 0 atom stereocenters. The van der Waals surface area contributed by atoms with Crippen LogP contribution in [0.25, 0.3) is 22.2 Å². The topological polar surface area (TPSA) is 47.0 Å². The lowest BCUT2D eigenvalue weighted by atomic mass is 10.0. The summed E-state index contributed by atoms with van der Waals surface area (Å²) in [6.45, 7) is 2.88. The average Bonchev–Trinajstić information content (AvgIpc) is 2.54. The van der Waals surface area contributed by atoms with E-state index in [4.69, 9.17) is 4.74 Å². The van der Waals surface area contributed by atoms with Crippen molar-refractivity contribution in [2.45, 2.75) is 6.92 Å². The highest BCUT2D eigenvalue weighted by Gasteiger charge is 2.10. The zero-order chi connectivity index (χ0) is 14.7. The number of hydrogen-bond donors (Lipinski definition) is 1. The fourth-order valence-electron chi connectivity index (χ4n) is 2.41. The molecule has 4 nitrogen and oxygen atoms in total. The third-order valence-corrected chi connectivity index (χ3v) is 3.36. The van der Waals surface area contributed by atoms with Gasteiger partial charge < -0.3 is 10.1 Å². The summed E-state index contributed by atoms with van der Waals surface area (Å²) in [5.74, 6) is 2.41. The number of hydrogen-bond acceptors (Lipinski definition) is 4. The van der Waals surface area contributed by atoms with E-state index in [2.05, 4.69) is 21.4 Å². The van der Waals surface area contributed by atoms with Crippen molar-refractivity contribution in [2.24, 2.45) is 0 Å². The summed E-state index contributed by atoms with van der Waals surface area (Å²) in [4.78, 5) is 8.98. The van der Waals surface area contributed by atoms with Gasteiger partial charge in [-0.15, -0.1) is 0 Å². The molecule has 1 N–H and O–H groups in total. The van der Waals surface area contributed by atoms with Crippen LogP contribution in [0.3, 0.4) is 0 Å². The number of nitrogens with one attached hydrogen (secondary N) is 1. The standard InChI is InChI=1S/C17H17N3O/c1-3-18-16-10-11-19-17(20-16)14-8-9-15(21-2)13-7-5-4-6-12(13)14/h4-11H,3H2,1-2H3,(H,18,19,20). The maximum atomic E-state index is 5.43. The van der Waals surface area contributed by atoms with E-state index in [-0.39, 0.29) is 0 Å². The Labute approximate surface area is 123 Å². The van der Waals surface area contributed by atoms with E-state index in [9.17, 15) is 0 Å². The first kappa shape index (κ1) is 13.4. The van der Waals surface area contributed by atoms with Crippen molar-refractivity contribution >= 4 is 16.6 Å². The molecule has 0 aliphatic carbocycles. The second-order valence-electron chi connectivity index (χ2n) is 4.66. The predicted molar refractivity (Wildman–Crippen MR) is 85.7 cm³/mol. The summed E-state index contributed by atoms with van der Waals surface area (Å²) in [6, 6.07) is 14.0. The minimum atomic E-state index is 0.715. The maximum absolute atomic E-state index is 5.43. The number of benzene rings is 2. The summed E-state index contributed by atoms with van der Waals surface area (Å²) >= 11 is 0. The lowest BCUT2D eigenvalue weighted by molar-refractivity contribution is 0.420. The van der Waals surface area contributed by atoms with Gasteiger partial charge in [-0.2, -0.15) is 0 Å². The smallest absolute Gasteiger partial charge is 0.162 e. The van der Waals surface area contributed by atoms with Crippen LogP contribution in [0.1, 0.15) is 6.92 Å². The van der Waals surface area contributed by atoms with Gasteiger partial charge in [0, 0.05) is 23.7 Å². The molecule has 3 aromatic rings. The fraction of sp³-hybridized carbons (Fsp3) is 0.176. The minimum absolute atomic E-state index is 0.715. The third-order valence-electron chi connectivity index (χ3n) is 3.36. The van der Waals surface area contributed by atoms with Crippen molar-refractivity contribution in [3.05, 3.63) is 48.7 Å². The number of aromatic nitrogens is 2. The van der Waals surface area contributed by atoms with Crippen LogP contribution in [0, 0.1) is 0 Å².